The first-order valence-electron chi connectivity index (χ1n) is 18.8. The lowest BCUT2D eigenvalue weighted by atomic mass is 9.81. The zero-order valence-corrected chi connectivity index (χ0v) is 30.2. The third-order valence-electron chi connectivity index (χ3n) is 11.9. The molecule has 2 heteroatoms. The van der Waals surface area contributed by atoms with Crippen LogP contribution in [-0.4, -0.2) is 9.55 Å². The number of pyridine rings is 1. The molecule has 1 aliphatic rings. The Bertz CT molecular complexity index is 3050. The molecule has 8 aromatic carbocycles. The van der Waals surface area contributed by atoms with Gasteiger partial charge in [-0.1, -0.05) is 141 Å². The predicted molar refractivity (Wildman–Crippen MR) is 227 cm³/mol. The summed E-state index contributed by atoms with van der Waals surface area (Å²) in [6.45, 7) is 4.75. The number of hydrogen-bond donors (Lipinski definition) is 0. The number of para-hydroxylation sites is 2. The van der Waals surface area contributed by atoms with Crippen LogP contribution in [0.1, 0.15) is 25.0 Å². The highest BCUT2D eigenvalue weighted by molar-refractivity contribution is 6.12. The summed E-state index contributed by atoms with van der Waals surface area (Å²) in [4.78, 5) is 4.78. The van der Waals surface area contributed by atoms with Crippen molar-refractivity contribution < 1.29 is 0 Å². The van der Waals surface area contributed by atoms with Crippen molar-refractivity contribution >= 4 is 43.5 Å². The molecule has 0 saturated heterocycles. The van der Waals surface area contributed by atoms with Gasteiger partial charge in [-0.2, -0.15) is 0 Å². The smallest absolute Gasteiger partial charge is 0.0786 e. The van der Waals surface area contributed by atoms with Crippen LogP contribution >= 0.6 is 0 Å². The van der Waals surface area contributed by atoms with E-state index in [1.54, 1.807) is 0 Å². The van der Waals surface area contributed by atoms with Crippen molar-refractivity contribution in [3.8, 4) is 50.2 Å². The first-order valence-corrected chi connectivity index (χ1v) is 18.8. The third kappa shape index (κ3) is 4.56. The summed E-state index contributed by atoms with van der Waals surface area (Å²) in [6.07, 6.45) is 1.89. The SMILES string of the molecule is CC1(C)c2cc(-c3ccc(-c4cc5ccccc5c5ncccc45)cc3)ccc2-c2ccc(-c3ccc(-n4c5ccccc5c5ccccc54)cc3)cc21. The summed E-state index contributed by atoms with van der Waals surface area (Å²) in [5.74, 6) is 0. The number of aromatic nitrogens is 2. The Morgan fingerprint density at radius 3 is 1.54 bits per heavy atom. The molecule has 11 rings (SSSR count). The largest absolute Gasteiger partial charge is 0.309 e. The molecule has 0 atom stereocenters. The van der Waals surface area contributed by atoms with Crippen molar-refractivity contribution in [1.29, 1.82) is 0 Å². The molecular weight excluding hydrogens is 653 g/mol. The van der Waals surface area contributed by atoms with Gasteiger partial charge in [0.05, 0.1) is 16.6 Å². The van der Waals surface area contributed by atoms with E-state index in [1.807, 2.05) is 12.3 Å². The first kappa shape index (κ1) is 30.8. The summed E-state index contributed by atoms with van der Waals surface area (Å²) in [5.41, 5.74) is 17.3. The molecule has 0 aliphatic heterocycles. The van der Waals surface area contributed by atoms with E-state index in [1.165, 1.54) is 99.3 Å². The molecule has 0 amide bonds. The van der Waals surface area contributed by atoms with Crippen LogP contribution in [0.15, 0.2) is 182 Å². The van der Waals surface area contributed by atoms with E-state index in [4.69, 9.17) is 4.98 Å². The van der Waals surface area contributed by atoms with Crippen molar-refractivity contribution in [2.75, 3.05) is 0 Å². The highest BCUT2D eigenvalue weighted by Crippen LogP contribution is 2.51. The lowest BCUT2D eigenvalue weighted by molar-refractivity contribution is 0.661. The van der Waals surface area contributed by atoms with Crippen molar-refractivity contribution in [2.45, 2.75) is 19.3 Å². The summed E-state index contributed by atoms with van der Waals surface area (Å²) in [5, 5.41) is 6.15. The number of nitrogens with zero attached hydrogens (tertiary/aromatic N) is 2. The van der Waals surface area contributed by atoms with Crippen LogP contribution in [0.2, 0.25) is 0 Å². The minimum Gasteiger partial charge on any atom is -0.309 e. The Morgan fingerprint density at radius 1 is 0.407 bits per heavy atom. The maximum atomic E-state index is 4.78. The van der Waals surface area contributed by atoms with Gasteiger partial charge in [0, 0.05) is 38.8 Å². The van der Waals surface area contributed by atoms with Gasteiger partial charge in [-0.05, 0) is 110 Å². The van der Waals surface area contributed by atoms with Gasteiger partial charge in [0.15, 0.2) is 0 Å². The van der Waals surface area contributed by atoms with Crippen LogP contribution in [0.5, 0.6) is 0 Å². The van der Waals surface area contributed by atoms with Crippen LogP contribution in [0.25, 0.3) is 93.7 Å². The Labute approximate surface area is 314 Å². The summed E-state index contributed by atoms with van der Waals surface area (Å²) in [6, 6.07) is 64.6. The number of rotatable bonds is 4. The minimum absolute atomic E-state index is 0.128. The van der Waals surface area contributed by atoms with Crippen LogP contribution in [0.3, 0.4) is 0 Å². The molecule has 0 saturated carbocycles. The molecule has 1 aliphatic carbocycles. The lowest BCUT2D eigenvalue weighted by Gasteiger charge is -2.22. The van der Waals surface area contributed by atoms with Crippen LogP contribution in [-0.2, 0) is 5.41 Å². The Morgan fingerprint density at radius 2 is 0.907 bits per heavy atom. The maximum absolute atomic E-state index is 4.78. The number of fused-ring (bicyclic) bond motifs is 9. The molecule has 0 radical (unpaired) electrons. The van der Waals surface area contributed by atoms with Gasteiger partial charge in [0.1, 0.15) is 0 Å². The fourth-order valence-corrected chi connectivity index (χ4v) is 9.09. The lowest BCUT2D eigenvalue weighted by Crippen LogP contribution is -2.15. The monoisotopic (exact) mass is 688 g/mol. The standard InChI is InChI=1S/C52H36N2/c1-52(2)47-31-36(33-17-19-35(20-18-33)46-30-38-10-3-4-11-40(38)51-45(46)14-9-29-53-51)23-27-41(47)42-28-24-37(32-48(42)52)34-21-25-39(26-22-34)54-49-15-7-5-12-43(49)44-13-6-8-16-50(44)54/h3-32H,1-2H3. The molecule has 54 heavy (non-hydrogen) atoms. The van der Waals surface area contributed by atoms with Crippen molar-refractivity contribution in [2.24, 2.45) is 0 Å². The van der Waals surface area contributed by atoms with E-state index >= 15 is 0 Å². The van der Waals surface area contributed by atoms with Crippen LogP contribution in [0, 0.1) is 0 Å². The van der Waals surface area contributed by atoms with Gasteiger partial charge in [0.25, 0.3) is 0 Å². The summed E-state index contributed by atoms with van der Waals surface area (Å²) in [7, 11) is 0. The normalized spacial score (nSPS) is 13.1. The molecule has 0 unspecified atom stereocenters. The van der Waals surface area contributed by atoms with E-state index < -0.39 is 0 Å². The third-order valence-corrected chi connectivity index (χ3v) is 11.9. The van der Waals surface area contributed by atoms with Crippen molar-refractivity contribution in [3.63, 3.8) is 0 Å². The van der Waals surface area contributed by atoms with E-state index in [0.717, 1.165) is 5.52 Å². The number of hydrogen-bond acceptors (Lipinski definition) is 1. The second kappa shape index (κ2) is 11.6. The molecule has 2 heterocycles. The molecule has 10 aromatic rings. The van der Waals surface area contributed by atoms with E-state index in [0.29, 0.717) is 0 Å². The van der Waals surface area contributed by atoms with Gasteiger partial charge >= 0.3 is 0 Å². The van der Waals surface area contributed by atoms with Gasteiger partial charge in [0.2, 0.25) is 0 Å². The number of benzene rings is 8. The first-order chi connectivity index (χ1) is 26.5. The van der Waals surface area contributed by atoms with Gasteiger partial charge in [-0.25, -0.2) is 0 Å². The topological polar surface area (TPSA) is 17.8 Å². The predicted octanol–water partition coefficient (Wildman–Crippen LogP) is 13.8. The van der Waals surface area contributed by atoms with Gasteiger partial charge < -0.3 is 4.57 Å². The summed E-state index contributed by atoms with van der Waals surface area (Å²) < 4.78 is 2.38. The van der Waals surface area contributed by atoms with Crippen molar-refractivity contribution in [1.82, 2.24) is 9.55 Å². The highest BCUT2D eigenvalue weighted by atomic mass is 15.0. The van der Waals surface area contributed by atoms with Crippen LogP contribution in [0.4, 0.5) is 0 Å². The van der Waals surface area contributed by atoms with Gasteiger partial charge in [-0.15, -0.1) is 0 Å². The zero-order chi connectivity index (χ0) is 36.0. The molecule has 2 nitrogen and oxygen atoms in total. The molecule has 254 valence electrons. The van der Waals surface area contributed by atoms with E-state index in [2.05, 4.69) is 188 Å². The molecular formula is C52H36N2. The quantitative estimate of drug-likeness (QED) is 0.168. The second-order valence-electron chi connectivity index (χ2n) is 15.2. The second-order valence-corrected chi connectivity index (χ2v) is 15.2. The summed E-state index contributed by atoms with van der Waals surface area (Å²) >= 11 is 0. The average Bonchev–Trinajstić information content (AvgIpc) is 3.68. The molecule has 0 N–H and O–H groups in total. The van der Waals surface area contributed by atoms with E-state index in [-0.39, 0.29) is 5.41 Å². The van der Waals surface area contributed by atoms with Gasteiger partial charge in [-0.3, -0.25) is 4.98 Å². The van der Waals surface area contributed by atoms with E-state index in [9.17, 15) is 0 Å². The minimum atomic E-state index is -0.128. The van der Waals surface area contributed by atoms with Crippen LogP contribution < -0.4 is 0 Å². The fourth-order valence-electron chi connectivity index (χ4n) is 9.09. The van der Waals surface area contributed by atoms with Crippen molar-refractivity contribution in [3.05, 3.63) is 193 Å². The molecule has 0 spiro atoms. The molecule has 2 aromatic heterocycles. The Kier molecular flexibility index (Phi) is 6.63. The highest BCUT2D eigenvalue weighted by Gasteiger charge is 2.36. The molecule has 0 fully saturated rings. The Balaban J connectivity index is 0.915. The molecule has 0 bridgehead atoms. The average molecular weight is 689 g/mol. The zero-order valence-electron chi connectivity index (χ0n) is 30.2. The maximum Gasteiger partial charge on any atom is 0.0786 e. The fraction of sp³-hybridized carbons (Fsp3) is 0.0577. The Hall–Kier alpha value is -6.77.